The van der Waals surface area contributed by atoms with Gasteiger partial charge in [0.15, 0.2) is 5.82 Å². The zero-order chi connectivity index (χ0) is 13.9. The van der Waals surface area contributed by atoms with Crippen molar-refractivity contribution in [2.75, 3.05) is 16.4 Å². The lowest BCUT2D eigenvalue weighted by Crippen LogP contribution is -2.21. The van der Waals surface area contributed by atoms with E-state index in [9.17, 15) is 4.79 Å². The number of anilines is 2. The van der Waals surface area contributed by atoms with E-state index in [0.717, 1.165) is 5.03 Å². The molecule has 5 nitrogen and oxygen atoms in total. The van der Waals surface area contributed by atoms with Gasteiger partial charge < -0.3 is 10.6 Å². The summed E-state index contributed by atoms with van der Waals surface area (Å²) in [5.41, 5.74) is 3.11. The zero-order valence-electron chi connectivity index (χ0n) is 11.0. The molecule has 1 aromatic heterocycles. The predicted octanol–water partition coefficient (Wildman–Crippen LogP) is 2.44. The first-order valence-corrected chi connectivity index (χ1v) is 7.28. The van der Waals surface area contributed by atoms with Gasteiger partial charge in [-0.2, -0.15) is 0 Å². The van der Waals surface area contributed by atoms with Gasteiger partial charge in [0.05, 0.1) is 5.75 Å². The zero-order valence-corrected chi connectivity index (χ0v) is 11.8. The second-order valence-electron chi connectivity index (χ2n) is 4.52. The van der Waals surface area contributed by atoms with Crippen LogP contribution in [0, 0.1) is 6.92 Å². The number of thioether (sulfide) groups is 1. The summed E-state index contributed by atoms with van der Waals surface area (Å²) >= 11 is 1.43. The Balaban J connectivity index is 1.82. The van der Waals surface area contributed by atoms with E-state index in [1.807, 2.05) is 12.1 Å². The molecule has 2 N–H and O–H groups in total. The second kappa shape index (κ2) is 5.50. The van der Waals surface area contributed by atoms with E-state index in [-0.39, 0.29) is 5.91 Å². The summed E-state index contributed by atoms with van der Waals surface area (Å²) in [6.07, 6.45) is 1.52. The van der Waals surface area contributed by atoms with Crippen LogP contribution < -0.4 is 10.6 Å². The van der Waals surface area contributed by atoms with E-state index >= 15 is 0 Å². The van der Waals surface area contributed by atoms with Gasteiger partial charge in [0.25, 0.3) is 0 Å². The SMILES string of the molecule is Cc1ccccc1CNc1ncnc2c1NC(=O)CS2. The molecule has 0 aliphatic carbocycles. The first kappa shape index (κ1) is 12.9. The molecule has 0 saturated carbocycles. The maximum Gasteiger partial charge on any atom is 0.234 e. The molecule has 1 amide bonds. The van der Waals surface area contributed by atoms with Crippen molar-refractivity contribution in [3.05, 3.63) is 41.7 Å². The summed E-state index contributed by atoms with van der Waals surface area (Å²) in [7, 11) is 0. The van der Waals surface area contributed by atoms with Crippen molar-refractivity contribution >= 4 is 29.2 Å². The molecule has 2 heterocycles. The van der Waals surface area contributed by atoms with Crippen LogP contribution in [-0.4, -0.2) is 21.6 Å². The van der Waals surface area contributed by atoms with E-state index in [2.05, 4.69) is 39.7 Å². The van der Waals surface area contributed by atoms with Gasteiger partial charge >= 0.3 is 0 Å². The third-order valence-electron chi connectivity index (χ3n) is 3.12. The maximum atomic E-state index is 11.5. The summed E-state index contributed by atoms with van der Waals surface area (Å²) in [5, 5.41) is 6.92. The number of amides is 1. The van der Waals surface area contributed by atoms with Crippen LogP contribution in [0.2, 0.25) is 0 Å². The largest absolute Gasteiger partial charge is 0.364 e. The fourth-order valence-electron chi connectivity index (χ4n) is 2.02. The Morgan fingerprint density at radius 1 is 1.35 bits per heavy atom. The quantitative estimate of drug-likeness (QED) is 0.848. The molecule has 0 saturated heterocycles. The van der Waals surface area contributed by atoms with Crippen LogP contribution in [0.25, 0.3) is 0 Å². The average Bonchev–Trinajstić information content (AvgIpc) is 2.46. The highest BCUT2D eigenvalue weighted by Crippen LogP contribution is 2.33. The van der Waals surface area contributed by atoms with Crippen molar-refractivity contribution in [3.63, 3.8) is 0 Å². The van der Waals surface area contributed by atoms with Gasteiger partial charge in [-0.25, -0.2) is 9.97 Å². The molecule has 1 aliphatic rings. The first-order valence-electron chi connectivity index (χ1n) is 6.30. The normalized spacial score (nSPS) is 13.6. The van der Waals surface area contributed by atoms with Gasteiger partial charge in [-0.1, -0.05) is 36.0 Å². The molecule has 3 rings (SSSR count). The summed E-state index contributed by atoms with van der Waals surface area (Å²) in [4.78, 5) is 19.9. The fourth-order valence-corrected chi connectivity index (χ4v) is 2.78. The molecule has 6 heteroatoms. The molecule has 1 aromatic carbocycles. The van der Waals surface area contributed by atoms with Crippen LogP contribution in [0.15, 0.2) is 35.6 Å². The third kappa shape index (κ3) is 2.60. The average molecular weight is 286 g/mol. The van der Waals surface area contributed by atoms with Crippen LogP contribution in [-0.2, 0) is 11.3 Å². The first-order chi connectivity index (χ1) is 9.74. The second-order valence-corrected chi connectivity index (χ2v) is 5.48. The molecule has 0 atom stereocenters. The maximum absolute atomic E-state index is 11.5. The molecule has 0 bridgehead atoms. The minimum Gasteiger partial charge on any atom is -0.364 e. The van der Waals surface area contributed by atoms with Crippen LogP contribution in [0.5, 0.6) is 0 Å². The number of nitrogens with zero attached hydrogens (tertiary/aromatic N) is 2. The van der Waals surface area contributed by atoms with Crippen LogP contribution in [0.1, 0.15) is 11.1 Å². The van der Waals surface area contributed by atoms with E-state index in [0.29, 0.717) is 23.8 Å². The van der Waals surface area contributed by atoms with Crippen molar-refractivity contribution in [3.8, 4) is 0 Å². The number of rotatable bonds is 3. The molecule has 0 unspecified atom stereocenters. The molecule has 1 aliphatic heterocycles. The Labute approximate surface area is 121 Å². The van der Waals surface area contributed by atoms with Crippen molar-refractivity contribution in [2.45, 2.75) is 18.5 Å². The molecular formula is C14H14N4OS. The number of aromatic nitrogens is 2. The topological polar surface area (TPSA) is 66.9 Å². The molecule has 102 valence electrons. The van der Waals surface area contributed by atoms with Gasteiger partial charge in [-0.3, -0.25) is 4.79 Å². The van der Waals surface area contributed by atoms with Gasteiger partial charge in [0, 0.05) is 6.54 Å². The van der Waals surface area contributed by atoms with Gasteiger partial charge in [0.1, 0.15) is 17.0 Å². The Bertz CT molecular complexity index is 659. The number of carbonyl (C=O) groups is 1. The lowest BCUT2D eigenvalue weighted by Gasteiger charge is -2.18. The van der Waals surface area contributed by atoms with Crippen LogP contribution in [0.3, 0.4) is 0 Å². The number of carbonyl (C=O) groups excluding carboxylic acids is 1. The monoisotopic (exact) mass is 286 g/mol. The van der Waals surface area contributed by atoms with Gasteiger partial charge in [-0.15, -0.1) is 0 Å². The highest BCUT2D eigenvalue weighted by Gasteiger charge is 2.20. The number of nitrogens with one attached hydrogen (secondary N) is 2. The summed E-state index contributed by atoms with van der Waals surface area (Å²) in [6, 6.07) is 8.17. The van der Waals surface area contributed by atoms with E-state index < -0.39 is 0 Å². The van der Waals surface area contributed by atoms with Gasteiger partial charge in [0.2, 0.25) is 5.91 Å². The molecule has 20 heavy (non-hydrogen) atoms. The number of fused-ring (bicyclic) bond motifs is 1. The molecule has 0 fully saturated rings. The minimum absolute atomic E-state index is 0.0174. The van der Waals surface area contributed by atoms with E-state index in [1.54, 1.807) is 0 Å². The van der Waals surface area contributed by atoms with Gasteiger partial charge in [-0.05, 0) is 18.1 Å². The molecule has 0 radical (unpaired) electrons. The van der Waals surface area contributed by atoms with Crippen molar-refractivity contribution < 1.29 is 4.79 Å². The smallest absolute Gasteiger partial charge is 0.234 e. The third-order valence-corrected chi connectivity index (χ3v) is 4.11. The van der Waals surface area contributed by atoms with Crippen LogP contribution in [0.4, 0.5) is 11.5 Å². The van der Waals surface area contributed by atoms with Crippen molar-refractivity contribution in [1.29, 1.82) is 0 Å². The Kier molecular flexibility index (Phi) is 3.56. The van der Waals surface area contributed by atoms with E-state index in [4.69, 9.17) is 0 Å². The minimum atomic E-state index is -0.0174. The highest BCUT2D eigenvalue weighted by atomic mass is 32.2. The number of aryl methyl sites for hydroxylation is 1. The predicted molar refractivity (Wildman–Crippen MR) is 79.9 cm³/mol. The number of hydrogen-bond acceptors (Lipinski definition) is 5. The Morgan fingerprint density at radius 3 is 3.05 bits per heavy atom. The fraction of sp³-hybridized carbons (Fsp3) is 0.214. The number of hydrogen-bond donors (Lipinski definition) is 2. The standard InChI is InChI=1S/C14H14N4OS/c1-9-4-2-3-5-10(9)6-15-13-12-14(17-8-16-13)20-7-11(19)18-12/h2-5,8H,6-7H2,1H3,(H,18,19)(H,15,16,17). The lowest BCUT2D eigenvalue weighted by atomic mass is 10.1. The summed E-state index contributed by atoms with van der Waals surface area (Å²) in [5.74, 6) is 1.05. The summed E-state index contributed by atoms with van der Waals surface area (Å²) < 4.78 is 0. The van der Waals surface area contributed by atoms with E-state index in [1.165, 1.54) is 29.2 Å². The lowest BCUT2D eigenvalue weighted by molar-refractivity contribution is -0.113. The Hall–Kier alpha value is -2.08. The summed E-state index contributed by atoms with van der Waals surface area (Å²) in [6.45, 7) is 2.74. The van der Waals surface area contributed by atoms with Crippen LogP contribution >= 0.6 is 11.8 Å². The molecule has 0 spiro atoms. The van der Waals surface area contributed by atoms with Crippen molar-refractivity contribution in [1.82, 2.24) is 9.97 Å². The van der Waals surface area contributed by atoms with Crippen molar-refractivity contribution in [2.24, 2.45) is 0 Å². The molecular weight excluding hydrogens is 272 g/mol. The number of benzene rings is 1. The highest BCUT2D eigenvalue weighted by molar-refractivity contribution is 8.00. The Morgan fingerprint density at radius 2 is 2.20 bits per heavy atom. The molecule has 2 aromatic rings.